The van der Waals surface area contributed by atoms with Gasteiger partial charge in [-0.05, 0) is 37.1 Å². The molecular formula is C20H23N5O. The number of urea groups is 1. The van der Waals surface area contributed by atoms with E-state index in [9.17, 15) is 4.79 Å². The summed E-state index contributed by atoms with van der Waals surface area (Å²) in [5.74, 6) is 0.515. The molecule has 1 aromatic heterocycles. The van der Waals surface area contributed by atoms with Crippen LogP contribution in [0.4, 0.5) is 10.6 Å². The molecule has 0 radical (unpaired) electrons. The van der Waals surface area contributed by atoms with Gasteiger partial charge in [-0.15, -0.1) is 0 Å². The first-order valence-corrected chi connectivity index (χ1v) is 8.52. The van der Waals surface area contributed by atoms with Gasteiger partial charge in [0.05, 0.1) is 5.52 Å². The zero-order valence-electron chi connectivity index (χ0n) is 15.0. The van der Waals surface area contributed by atoms with Crippen molar-refractivity contribution in [3.8, 4) is 11.1 Å². The van der Waals surface area contributed by atoms with Crippen molar-refractivity contribution in [2.75, 3.05) is 18.4 Å². The fraction of sp³-hybridized carbons (Fsp3) is 0.200. The third-order valence-electron chi connectivity index (χ3n) is 3.98. The Morgan fingerprint density at radius 3 is 2.65 bits per heavy atom. The number of hydrogen-bond acceptors (Lipinski definition) is 3. The van der Waals surface area contributed by atoms with Crippen LogP contribution in [0.25, 0.3) is 22.0 Å². The number of carbonyl (C=O) groups is 1. The van der Waals surface area contributed by atoms with Crippen LogP contribution in [-0.2, 0) is 0 Å². The van der Waals surface area contributed by atoms with Gasteiger partial charge in [-0.1, -0.05) is 42.5 Å². The third-order valence-corrected chi connectivity index (χ3v) is 3.98. The summed E-state index contributed by atoms with van der Waals surface area (Å²) >= 11 is 0. The van der Waals surface area contributed by atoms with E-state index in [1.807, 2.05) is 31.2 Å². The highest BCUT2D eigenvalue weighted by Gasteiger charge is 2.10. The molecule has 0 aliphatic rings. The molecule has 134 valence electrons. The molecule has 0 saturated carbocycles. The fourth-order valence-electron chi connectivity index (χ4n) is 2.72. The van der Waals surface area contributed by atoms with Gasteiger partial charge in [0.1, 0.15) is 0 Å². The number of hydrogen-bond donors (Lipinski definition) is 4. The van der Waals surface area contributed by atoms with E-state index in [0.717, 1.165) is 27.7 Å². The number of aryl methyl sites for hydroxylation is 1. The molecule has 1 heterocycles. The highest BCUT2D eigenvalue weighted by Crippen LogP contribution is 2.27. The van der Waals surface area contributed by atoms with Gasteiger partial charge in [0, 0.05) is 24.2 Å². The molecule has 3 rings (SSSR count). The molecule has 0 atom stereocenters. The van der Waals surface area contributed by atoms with Gasteiger partial charge < -0.3 is 10.6 Å². The number of allylic oxidation sites excluding steroid dienone is 1. The molecule has 2 aromatic carbocycles. The van der Waals surface area contributed by atoms with Crippen LogP contribution in [0.5, 0.6) is 0 Å². The summed E-state index contributed by atoms with van der Waals surface area (Å²) in [7, 11) is 0. The molecule has 0 bridgehead atoms. The lowest BCUT2D eigenvalue weighted by molar-refractivity contribution is 0.252. The molecular weight excluding hydrogens is 326 g/mol. The second kappa shape index (κ2) is 7.74. The number of nitrogens with zero attached hydrogens (tertiary/aromatic N) is 1. The number of anilines is 1. The number of benzene rings is 2. The van der Waals surface area contributed by atoms with Crippen molar-refractivity contribution in [1.82, 2.24) is 20.8 Å². The molecule has 6 heteroatoms. The van der Waals surface area contributed by atoms with Crippen LogP contribution >= 0.6 is 0 Å². The van der Waals surface area contributed by atoms with Crippen LogP contribution in [0, 0.1) is 6.92 Å². The molecule has 2 amide bonds. The normalized spacial score (nSPS) is 10.5. The van der Waals surface area contributed by atoms with Crippen LogP contribution in [0.1, 0.15) is 12.5 Å². The fourth-order valence-corrected chi connectivity index (χ4v) is 2.72. The zero-order chi connectivity index (χ0) is 18.5. The van der Waals surface area contributed by atoms with Crippen molar-refractivity contribution < 1.29 is 4.79 Å². The Labute approximate surface area is 152 Å². The first kappa shape index (κ1) is 17.5. The molecule has 0 spiro atoms. The number of aromatic amines is 1. The van der Waals surface area contributed by atoms with E-state index < -0.39 is 0 Å². The third kappa shape index (κ3) is 4.22. The standard InChI is InChI=1S/C20H23N5O/c1-13(2)21-9-10-22-20(26)23-19-17-8-7-16(12-18(17)24-25-19)15-6-4-5-14(3)11-15/h4-8,11-12,21H,1,9-10H2,2-3H3,(H3,22,23,24,25,26). The largest absolute Gasteiger partial charge is 0.387 e. The Morgan fingerprint density at radius 2 is 1.88 bits per heavy atom. The minimum Gasteiger partial charge on any atom is -0.387 e. The van der Waals surface area contributed by atoms with Crippen molar-refractivity contribution in [1.29, 1.82) is 0 Å². The Bertz CT molecular complexity index is 944. The van der Waals surface area contributed by atoms with Crippen LogP contribution in [0.2, 0.25) is 0 Å². The second-order valence-corrected chi connectivity index (χ2v) is 6.29. The van der Waals surface area contributed by atoms with E-state index in [1.165, 1.54) is 5.56 Å². The van der Waals surface area contributed by atoms with Crippen molar-refractivity contribution in [2.24, 2.45) is 0 Å². The Morgan fingerprint density at radius 1 is 1.12 bits per heavy atom. The smallest absolute Gasteiger partial charge is 0.320 e. The van der Waals surface area contributed by atoms with Crippen molar-refractivity contribution in [2.45, 2.75) is 13.8 Å². The summed E-state index contributed by atoms with van der Waals surface area (Å²) < 4.78 is 0. The second-order valence-electron chi connectivity index (χ2n) is 6.29. The summed E-state index contributed by atoms with van der Waals surface area (Å²) in [5, 5.41) is 16.7. The summed E-state index contributed by atoms with van der Waals surface area (Å²) in [5.41, 5.74) is 5.22. The average molecular weight is 349 g/mol. The molecule has 0 fully saturated rings. The predicted molar refractivity (Wildman–Crippen MR) is 106 cm³/mol. The summed E-state index contributed by atoms with van der Waals surface area (Å²) in [6.45, 7) is 8.82. The Kier molecular flexibility index (Phi) is 5.22. The van der Waals surface area contributed by atoms with E-state index in [4.69, 9.17) is 0 Å². The first-order valence-electron chi connectivity index (χ1n) is 8.52. The number of amides is 2. The Balaban J connectivity index is 1.69. The topological polar surface area (TPSA) is 81.8 Å². The van der Waals surface area contributed by atoms with Gasteiger partial charge in [0.15, 0.2) is 5.82 Å². The molecule has 3 aromatic rings. The Hall–Kier alpha value is -3.28. The van der Waals surface area contributed by atoms with Gasteiger partial charge in [0.2, 0.25) is 0 Å². The monoisotopic (exact) mass is 349 g/mol. The van der Waals surface area contributed by atoms with Gasteiger partial charge in [-0.3, -0.25) is 10.4 Å². The van der Waals surface area contributed by atoms with Crippen LogP contribution in [-0.4, -0.2) is 29.3 Å². The van der Waals surface area contributed by atoms with Crippen LogP contribution in [0.15, 0.2) is 54.7 Å². The number of fused-ring (bicyclic) bond motifs is 1. The lowest BCUT2D eigenvalue weighted by Gasteiger charge is -2.08. The highest BCUT2D eigenvalue weighted by molar-refractivity contribution is 6.00. The van der Waals surface area contributed by atoms with E-state index in [1.54, 1.807) is 0 Å². The molecule has 4 N–H and O–H groups in total. The van der Waals surface area contributed by atoms with E-state index in [0.29, 0.717) is 18.9 Å². The lowest BCUT2D eigenvalue weighted by Crippen LogP contribution is -2.34. The molecule has 0 aliphatic heterocycles. The van der Waals surface area contributed by atoms with E-state index in [2.05, 4.69) is 57.8 Å². The maximum atomic E-state index is 12.0. The molecule has 26 heavy (non-hydrogen) atoms. The quantitative estimate of drug-likeness (QED) is 0.511. The van der Waals surface area contributed by atoms with E-state index in [-0.39, 0.29) is 6.03 Å². The van der Waals surface area contributed by atoms with Gasteiger partial charge in [-0.25, -0.2) is 4.79 Å². The summed E-state index contributed by atoms with van der Waals surface area (Å²) in [6.07, 6.45) is 0. The number of rotatable bonds is 6. The van der Waals surface area contributed by atoms with Crippen molar-refractivity contribution >= 4 is 22.8 Å². The minimum atomic E-state index is -0.287. The number of nitrogens with one attached hydrogen (secondary N) is 4. The van der Waals surface area contributed by atoms with Gasteiger partial charge in [0.25, 0.3) is 0 Å². The number of carbonyl (C=O) groups excluding carboxylic acids is 1. The van der Waals surface area contributed by atoms with Crippen LogP contribution in [0.3, 0.4) is 0 Å². The molecule has 0 saturated heterocycles. The predicted octanol–water partition coefficient (Wildman–Crippen LogP) is 3.78. The van der Waals surface area contributed by atoms with Crippen molar-refractivity contribution in [3.05, 3.63) is 60.3 Å². The maximum absolute atomic E-state index is 12.0. The minimum absolute atomic E-state index is 0.287. The number of H-pyrrole nitrogens is 1. The van der Waals surface area contributed by atoms with E-state index >= 15 is 0 Å². The summed E-state index contributed by atoms with van der Waals surface area (Å²) in [4.78, 5) is 12.0. The van der Waals surface area contributed by atoms with Gasteiger partial charge in [-0.2, -0.15) is 5.10 Å². The first-order chi connectivity index (χ1) is 12.5. The molecule has 0 unspecified atom stereocenters. The molecule has 0 aliphatic carbocycles. The zero-order valence-corrected chi connectivity index (χ0v) is 15.0. The average Bonchev–Trinajstić information content (AvgIpc) is 3.01. The summed E-state index contributed by atoms with van der Waals surface area (Å²) in [6, 6.07) is 14.1. The van der Waals surface area contributed by atoms with Crippen LogP contribution < -0.4 is 16.0 Å². The molecule has 6 nitrogen and oxygen atoms in total. The SMILES string of the molecule is C=C(C)NCCNC(=O)Nc1n[nH]c2cc(-c3cccc(C)c3)ccc12. The lowest BCUT2D eigenvalue weighted by atomic mass is 10.0. The maximum Gasteiger partial charge on any atom is 0.320 e. The highest BCUT2D eigenvalue weighted by atomic mass is 16.2. The van der Waals surface area contributed by atoms with Crippen molar-refractivity contribution in [3.63, 3.8) is 0 Å². The number of aromatic nitrogens is 2. The van der Waals surface area contributed by atoms with Gasteiger partial charge >= 0.3 is 6.03 Å².